The summed E-state index contributed by atoms with van der Waals surface area (Å²) >= 11 is 6.95. The molecule has 0 unspecified atom stereocenters. The quantitative estimate of drug-likeness (QED) is 0.183. The summed E-state index contributed by atoms with van der Waals surface area (Å²) in [6.45, 7) is 4.96. The summed E-state index contributed by atoms with van der Waals surface area (Å²) in [6.07, 6.45) is 8.09. The maximum atomic E-state index is 15.3. The van der Waals surface area contributed by atoms with Crippen LogP contribution in [0.15, 0.2) is 73.3 Å². The topological polar surface area (TPSA) is 78.8 Å². The maximum absolute atomic E-state index is 15.3. The summed E-state index contributed by atoms with van der Waals surface area (Å²) < 4.78 is 37.5. The Morgan fingerprint density at radius 2 is 1.78 bits per heavy atom. The van der Waals surface area contributed by atoms with Crippen molar-refractivity contribution in [3.8, 4) is 22.1 Å². The van der Waals surface area contributed by atoms with Crippen molar-refractivity contribution in [2.45, 2.75) is 19.4 Å². The lowest BCUT2D eigenvalue weighted by Gasteiger charge is -2.20. The van der Waals surface area contributed by atoms with E-state index in [4.69, 9.17) is 17.0 Å². The fraction of sp³-hybridized carbons (Fsp3) is 0.250. The van der Waals surface area contributed by atoms with Crippen LogP contribution in [-0.4, -0.2) is 68.2 Å². The van der Waals surface area contributed by atoms with E-state index in [9.17, 15) is 9.18 Å². The van der Waals surface area contributed by atoms with Crippen LogP contribution in [0.1, 0.15) is 12.8 Å². The second-order valence-electron chi connectivity index (χ2n) is 10.9. The normalized spacial score (nSPS) is 15.4. The minimum atomic E-state index is -0.595. The summed E-state index contributed by atoms with van der Waals surface area (Å²) in [5.41, 5.74) is 2.55. The Bertz CT molecular complexity index is 1870. The number of thiophene rings is 1. The van der Waals surface area contributed by atoms with Gasteiger partial charge in [0, 0.05) is 62.1 Å². The van der Waals surface area contributed by atoms with E-state index < -0.39 is 5.82 Å². The first-order valence-electron chi connectivity index (χ1n) is 14.7. The van der Waals surface area contributed by atoms with E-state index >= 15 is 4.39 Å². The first-order valence-corrected chi connectivity index (χ1v) is 15.9. The highest BCUT2D eigenvalue weighted by Crippen LogP contribution is 2.39. The molecular formula is C32H29F2N7O2S2. The lowest BCUT2D eigenvalue weighted by atomic mass is 10.3. The number of imidazole rings is 1. The standard InChI is InChI=1S/C32H29F2N7O2S2/c33-21-3-6-23(7-4-21)40-15-16-41(32(40)42)31(44)37-22-5-8-27(24(34)17-22)43-28-9-10-35-25-18-29(45-30(25)28)26-19-39(20-36-26)14-13-38-11-1-2-12-38/h3-10,17-20H,1-2,11-16H2,(H,37,44). The number of carbonyl (C=O) groups excluding carboxylic acids is 1. The Hall–Kier alpha value is -4.46. The third kappa shape index (κ3) is 6.23. The Labute approximate surface area is 267 Å². The number of benzene rings is 2. The lowest BCUT2D eigenvalue weighted by Crippen LogP contribution is -2.38. The molecule has 0 saturated carbocycles. The predicted molar refractivity (Wildman–Crippen MR) is 175 cm³/mol. The number of fused-ring (bicyclic) bond motifs is 1. The molecule has 0 bridgehead atoms. The number of halogens is 2. The number of thiocarbonyl (C=S) groups is 1. The summed E-state index contributed by atoms with van der Waals surface area (Å²) in [6, 6.07) is 13.4. The molecule has 7 rings (SSSR count). The van der Waals surface area contributed by atoms with Crippen molar-refractivity contribution < 1.29 is 18.3 Å². The fourth-order valence-electron chi connectivity index (χ4n) is 5.55. The molecule has 5 heterocycles. The van der Waals surface area contributed by atoms with Crippen molar-refractivity contribution >= 4 is 56.3 Å². The lowest BCUT2D eigenvalue weighted by molar-refractivity contribution is 0.238. The predicted octanol–water partition coefficient (Wildman–Crippen LogP) is 6.97. The Kier molecular flexibility index (Phi) is 8.13. The molecule has 2 aromatic carbocycles. The average molecular weight is 646 g/mol. The minimum absolute atomic E-state index is 0.0415. The largest absolute Gasteiger partial charge is 0.453 e. The first-order chi connectivity index (χ1) is 21.9. The van der Waals surface area contributed by atoms with Crippen LogP contribution in [0.5, 0.6) is 11.5 Å². The highest BCUT2D eigenvalue weighted by molar-refractivity contribution is 7.80. The Morgan fingerprint density at radius 3 is 2.58 bits per heavy atom. The third-order valence-electron chi connectivity index (χ3n) is 7.93. The van der Waals surface area contributed by atoms with E-state index in [1.807, 2.05) is 18.6 Å². The summed E-state index contributed by atoms with van der Waals surface area (Å²) in [7, 11) is 0. The van der Waals surface area contributed by atoms with Crippen molar-refractivity contribution in [1.82, 2.24) is 24.3 Å². The Morgan fingerprint density at radius 1 is 0.956 bits per heavy atom. The second-order valence-corrected chi connectivity index (χ2v) is 12.4. The zero-order chi connectivity index (χ0) is 30.9. The highest BCUT2D eigenvalue weighted by Gasteiger charge is 2.32. The smallest absolute Gasteiger partial charge is 0.330 e. The number of likely N-dealkylation sites (tertiary alicyclic amines) is 1. The van der Waals surface area contributed by atoms with Crippen molar-refractivity contribution in [2.75, 3.05) is 42.9 Å². The molecule has 13 heteroatoms. The number of hydrogen-bond donors (Lipinski definition) is 1. The van der Waals surface area contributed by atoms with Gasteiger partial charge in [0.25, 0.3) is 0 Å². The number of hydrogen-bond acceptors (Lipinski definition) is 7. The van der Waals surface area contributed by atoms with Gasteiger partial charge in [-0.3, -0.25) is 14.8 Å². The third-order valence-corrected chi connectivity index (χ3v) is 9.41. The van der Waals surface area contributed by atoms with Gasteiger partial charge in [0.2, 0.25) is 0 Å². The fourth-order valence-corrected chi connectivity index (χ4v) is 6.87. The maximum Gasteiger partial charge on any atom is 0.330 e. The number of amides is 2. The molecule has 0 radical (unpaired) electrons. The molecular weight excluding hydrogens is 617 g/mol. The van der Waals surface area contributed by atoms with Gasteiger partial charge in [-0.05, 0) is 80.6 Å². The molecule has 2 fully saturated rings. The van der Waals surface area contributed by atoms with Gasteiger partial charge in [-0.25, -0.2) is 18.6 Å². The van der Waals surface area contributed by atoms with Gasteiger partial charge in [-0.1, -0.05) is 0 Å². The molecule has 2 aliphatic rings. The van der Waals surface area contributed by atoms with Crippen molar-refractivity contribution in [3.05, 3.63) is 85.0 Å². The molecule has 2 aliphatic heterocycles. The summed E-state index contributed by atoms with van der Waals surface area (Å²) in [4.78, 5) is 28.4. The number of anilines is 2. The van der Waals surface area contributed by atoms with Crippen molar-refractivity contribution in [1.29, 1.82) is 0 Å². The molecule has 3 aromatic heterocycles. The number of ether oxygens (including phenoxy) is 1. The zero-order valence-corrected chi connectivity index (χ0v) is 25.8. The van der Waals surface area contributed by atoms with Crippen molar-refractivity contribution in [3.63, 3.8) is 0 Å². The molecule has 0 atom stereocenters. The van der Waals surface area contributed by atoms with Gasteiger partial charge in [-0.2, -0.15) is 0 Å². The first kappa shape index (κ1) is 29.3. The van der Waals surface area contributed by atoms with Gasteiger partial charge in [-0.15, -0.1) is 11.3 Å². The van der Waals surface area contributed by atoms with Crippen LogP contribution < -0.4 is 15.0 Å². The van der Waals surface area contributed by atoms with E-state index in [1.165, 1.54) is 58.2 Å². The molecule has 230 valence electrons. The van der Waals surface area contributed by atoms with E-state index in [0.29, 0.717) is 30.2 Å². The van der Waals surface area contributed by atoms with Crippen LogP contribution in [0.3, 0.4) is 0 Å². The number of rotatable bonds is 8. The summed E-state index contributed by atoms with van der Waals surface area (Å²) in [5.74, 6) is -0.445. The van der Waals surface area contributed by atoms with Crippen LogP contribution >= 0.6 is 23.6 Å². The van der Waals surface area contributed by atoms with Crippen molar-refractivity contribution in [2.24, 2.45) is 0 Å². The molecule has 9 nitrogen and oxygen atoms in total. The van der Waals surface area contributed by atoms with E-state index in [-0.39, 0.29) is 22.7 Å². The van der Waals surface area contributed by atoms with Crippen LogP contribution in [0.25, 0.3) is 20.8 Å². The molecule has 2 amide bonds. The van der Waals surface area contributed by atoms with Crippen LogP contribution in [0.4, 0.5) is 25.0 Å². The molecule has 45 heavy (non-hydrogen) atoms. The average Bonchev–Trinajstić information content (AvgIpc) is 3.85. The minimum Gasteiger partial charge on any atom is -0.453 e. The number of nitrogens with zero attached hydrogens (tertiary/aromatic N) is 6. The number of carbonyl (C=O) groups is 1. The van der Waals surface area contributed by atoms with Gasteiger partial charge < -0.3 is 19.5 Å². The van der Waals surface area contributed by atoms with E-state index in [0.717, 1.165) is 47.0 Å². The van der Waals surface area contributed by atoms with Gasteiger partial charge in [0.1, 0.15) is 11.6 Å². The van der Waals surface area contributed by atoms with Crippen LogP contribution in [0, 0.1) is 11.6 Å². The Balaban J connectivity index is 1.01. The second kappa shape index (κ2) is 12.5. The molecule has 2 saturated heterocycles. The number of pyridine rings is 1. The van der Waals surface area contributed by atoms with Crippen LogP contribution in [-0.2, 0) is 6.54 Å². The number of urea groups is 1. The molecule has 0 aliphatic carbocycles. The van der Waals surface area contributed by atoms with Gasteiger partial charge in [0.05, 0.1) is 27.1 Å². The zero-order valence-electron chi connectivity index (χ0n) is 24.2. The monoisotopic (exact) mass is 645 g/mol. The molecule has 0 spiro atoms. The number of aromatic nitrogens is 3. The van der Waals surface area contributed by atoms with Crippen LogP contribution in [0.2, 0.25) is 0 Å². The number of nitrogens with one attached hydrogen (secondary N) is 1. The van der Waals surface area contributed by atoms with Gasteiger partial charge >= 0.3 is 6.03 Å². The highest BCUT2D eigenvalue weighted by atomic mass is 32.1. The van der Waals surface area contributed by atoms with Gasteiger partial charge in [0.15, 0.2) is 16.7 Å². The molecule has 1 N–H and O–H groups in total. The van der Waals surface area contributed by atoms with E-state index in [2.05, 4.69) is 24.8 Å². The molecule has 5 aromatic rings. The van der Waals surface area contributed by atoms with E-state index in [1.54, 1.807) is 30.5 Å². The summed E-state index contributed by atoms with van der Waals surface area (Å²) in [5, 5.41) is 3.08. The SMILES string of the molecule is O=C1N(C(=S)Nc2ccc(Oc3ccnc4cc(-c5cn(CCN6CCCC6)cn5)sc34)c(F)c2)CCN1c1ccc(F)cc1.